The van der Waals surface area contributed by atoms with Crippen molar-refractivity contribution in [3.8, 4) is 0 Å². The molecule has 0 aliphatic rings. The number of guanidine groups is 1. The van der Waals surface area contributed by atoms with E-state index in [9.17, 15) is 0 Å². The molecule has 132 valence electrons. The Kier molecular flexibility index (Phi) is 9.13. The van der Waals surface area contributed by atoms with Gasteiger partial charge in [0.15, 0.2) is 5.96 Å². The second-order valence-corrected chi connectivity index (χ2v) is 6.99. The van der Waals surface area contributed by atoms with E-state index >= 15 is 0 Å². The van der Waals surface area contributed by atoms with Crippen LogP contribution < -0.4 is 15.5 Å². The molecule has 0 saturated heterocycles. The fourth-order valence-corrected chi connectivity index (χ4v) is 3.10. The fraction of sp³-hybridized carbons (Fsp3) is 0.389. The zero-order chi connectivity index (χ0) is 16.7. The number of likely N-dealkylation sites (N-methyl/N-ethyl adjacent to an activating group) is 1. The molecule has 0 fully saturated rings. The molecule has 1 heterocycles. The minimum Gasteiger partial charge on any atom is -0.370 e. The van der Waals surface area contributed by atoms with Crippen LogP contribution in [0.4, 0.5) is 5.69 Å². The number of thiophene rings is 1. The Balaban J connectivity index is 0.00000288. The molecular formula is C18H27IN4S. The third-order valence-corrected chi connectivity index (χ3v) is 4.84. The Labute approximate surface area is 166 Å². The molecule has 2 aromatic rings. The third-order valence-electron chi connectivity index (χ3n) is 3.84. The zero-order valence-electron chi connectivity index (χ0n) is 14.7. The molecule has 0 spiro atoms. The lowest BCUT2D eigenvalue weighted by Gasteiger charge is -2.27. The number of nitrogens with one attached hydrogen (secondary N) is 2. The van der Waals surface area contributed by atoms with Crippen LogP contribution >= 0.6 is 35.3 Å². The van der Waals surface area contributed by atoms with Crippen LogP contribution in [-0.4, -0.2) is 32.6 Å². The number of para-hydroxylation sites is 1. The van der Waals surface area contributed by atoms with Crippen molar-refractivity contribution in [1.82, 2.24) is 10.6 Å². The maximum absolute atomic E-state index is 4.29. The highest BCUT2D eigenvalue weighted by molar-refractivity contribution is 14.0. The largest absolute Gasteiger partial charge is 0.370 e. The molecular weight excluding hydrogens is 431 g/mol. The summed E-state index contributed by atoms with van der Waals surface area (Å²) in [7, 11) is 3.92. The topological polar surface area (TPSA) is 39.7 Å². The highest BCUT2D eigenvalue weighted by Gasteiger charge is 2.10. The maximum atomic E-state index is 4.29. The molecule has 24 heavy (non-hydrogen) atoms. The van der Waals surface area contributed by atoms with Gasteiger partial charge >= 0.3 is 0 Å². The smallest absolute Gasteiger partial charge is 0.191 e. The molecule has 4 nitrogen and oxygen atoms in total. The van der Waals surface area contributed by atoms with Crippen LogP contribution in [0.2, 0.25) is 0 Å². The summed E-state index contributed by atoms with van der Waals surface area (Å²) in [6.07, 6.45) is 0. The van der Waals surface area contributed by atoms with Gasteiger partial charge in [-0.1, -0.05) is 18.2 Å². The standard InChI is InChI=1S/C18H26N4S.HI/c1-14(22(4)16-8-6-5-7-9-16)12-20-18(19-3)21-13-17-11-10-15(2)23-17;/h5-11,14H,12-13H2,1-4H3,(H2,19,20,21);1H. The average Bonchev–Trinajstić information content (AvgIpc) is 3.00. The van der Waals surface area contributed by atoms with Crippen LogP contribution in [0.15, 0.2) is 47.5 Å². The van der Waals surface area contributed by atoms with Crippen molar-refractivity contribution in [2.24, 2.45) is 4.99 Å². The normalized spacial score (nSPS) is 12.2. The van der Waals surface area contributed by atoms with Gasteiger partial charge in [0.05, 0.1) is 6.54 Å². The first-order chi connectivity index (χ1) is 11.1. The van der Waals surface area contributed by atoms with Crippen molar-refractivity contribution in [3.63, 3.8) is 0 Å². The number of hydrogen-bond acceptors (Lipinski definition) is 3. The lowest BCUT2D eigenvalue weighted by atomic mass is 10.2. The van der Waals surface area contributed by atoms with E-state index in [4.69, 9.17) is 0 Å². The highest BCUT2D eigenvalue weighted by atomic mass is 127. The first-order valence-electron chi connectivity index (χ1n) is 7.88. The van der Waals surface area contributed by atoms with E-state index in [0.29, 0.717) is 6.04 Å². The van der Waals surface area contributed by atoms with Gasteiger partial charge in [0, 0.05) is 42.1 Å². The van der Waals surface area contributed by atoms with Crippen LogP contribution in [0.1, 0.15) is 16.7 Å². The Morgan fingerprint density at radius 1 is 1.17 bits per heavy atom. The number of halogens is 1. The number of aryl methyl sites for hydroxylation is 1. The summed E-state index contributed by atoms with van der Waals surface area (Å²) in [5.74, 6) is 0.837. The first-order valence-corrected chi connectivity index (χ1v) is 8.69. The van der Waals surface area contributed by atoms with Gasteiger partial charge in [0.1, 0.15) is 0 Å². The second-order valence-electron chi connectivity index (χ2n) is 5.61. The zero-order valence-corrected chi connectivity index (χ0v) is 17.9. The number of aliphatic imine (C=N–C) groups is 1. The molecule has 2 N–H and O–H groups in total. The van der Waals surface area contributed by atoms with E-state index in [-0.39, 0.29) is 24.0 Å². The molecule has 0 aliphatic carbocycles. The lowest BCUT2D eigenvalue weighted by Crippen LogP contribution is -2.44. The van der Waals surface area contributed by atoms with Gasteiger partial charge in [-0.25, -0.2) is 0 Å². The van der Waals surface area contributed by atoms with Crippen molar-refractivity contribution in [1.29, 1.82) is 0 Å². The van der Waals surface area contributed by atoms with Crippen LogP contribution in [0.25, 0.3) is 0 Å². The molecule has 1 unspecified atom stereocenters. The van der Waals surface area contributed by atoms with Gasteiger partial charge < -0.3 is 15.5 Å². The van der Waals surface area contributed by atoms with E-state index < -0.39 is 0 Å². The van der Waals surface area contributed by atoms with Crippen LogP contribution in [-0.2, 0) is 6.54 Å². The third kappa shape index (κ3) is 6.32. The van der Waals surface area contributed by atoms with Crippen molar-refractivity contribution in [3.05, 3.63) is 52.2 Å². The average molecular weight is 458 g/mol. The summed E-state index contributed by atoms with van der Waals surface area (Å²) >= 11 is 1.81. The molecule has 0 amide bonds. The summed E-state index contributed by atoms with van der Waals surface area (Å²) in [4.78, 5) is 9.22. The van der Waals surface area contributed by atoms with Crippen LogP contribution in [0.5, 0.6) is 0 Å². The molecule has 0 aliphatic heterocycles. The lowest BCUT2D eigenvalue weighted by molar-refractivity contribution is 0.649. The maximum Gasteiger partial charge on any atom is 0.191 e. The van der Waals surface area contributed by atoms with Crippen LogP contribution in [0, 0.1) is 6.92 Å². The Morgan fingerprint density at radius 2 is 1.88 bits per heavy atom. The summed E-state index contributed by atoms with van der Waals surface area (Å²) in [5.41, 5.74) is 1.22. The quantitative estimate of drug-likeness (QED) is 0.392. The minimum absolute atomic E-state index is 0. The van der Waals surface area contributed by atoms with E-state index in [1.807, 2.05) is 17.4 Å². The van der Waals surface area contributed by atoms with Gasteiger partial charge in [-0.05, 0) is 38.1 Å². The van der Waals surface area contributed by atoms with Crippen molar-refractivity contribution in [2.75, 3.05) is 25.5 Å². The predicted molar refractivity (Wildman–Crippen MR) is 117 cm³/mol. The number of nitrogens with zero attached hydrogens (tertiary/aromatic N) is 2. The summed E-state index contributed by atoms with van der Waals surface area (Å²) < 4.78 is 0. The number of anilines is 1. The highest BCUT2D eigenvalue weighted by Crippen LogP contribution is 2.15. The second kappa shape index (κ2) is 10.6. The predicted octanol–water partition coefficient (Wildman–Crippen LogP) is 3.86. The molecule has 0 saturated carbocycles. The van der Waals surface area contributed by atoms with Crippen molar-refractivity contribution < 1.29 is 0 Å². The van der Waals surface area contributed by atoms with E-state index in [0.717, 1.165) is 19.0 Å². The van der Waals surface area contributed by atoms with E-state index in [1.165, 1.54) is 15.4 Å². The number of benzene rings is 1. The molecule has 1 atom stereocenters. The monoisotopic (exact) mass is 458 g/mol. The minimum atomic E-state index is 0. The molecule has 6 heteroatoms. The van der Waals surface area contributed by atoms with Gasteiger partial charge in [0.25, 0.3) is 0 Å². The Hall–Kier alpha value is -1.28. The molecule has 1 aromatic carbocycles. The van der Waals surface area contributed by atoms with Gasteiger partial charge in [-0.15, -0.1) is 35.3 Å². The molecule has 2 rings (SSSR count). The van der Waals surface area contributed by atoms with Crippen LogP contribution in [0.3, 0.4) is 0 Å². The van der Waals surface area contributed by atoms with Crippen molar-refractivity contribution in [2.45, 2.75) is 26.4 Å². The molecule has 0 bridgehead atoms. The van der Waals surface area contributed by atoms with Gasteiger partial charge in [-0.3, -0.25) is 4.99 Å². The summed E-state index contributed by atoms with van der Waals surface area (Å²) in [6, 6.07) is 15.1. The van der Waals surface area contributed by atoms with Gasteiger partial charge in [0.2, 0.25) is 0 Å². The molecule has 1 aromatic heterocycles. The fourth-order valence-electron chi connectivity index (χ4n) is 2.27. The van der Waals surface area contributed by atoms with E-state index in [1.54, 1.807) is 7.05 Å². The number of rotatable bonds is 6. The molecule has 0 radical (unpaired) electrons. The van der Waals surface area contributed by atoms with Crippen molar-refractivity contribution >= 4 is 47.0 Å². The SMILES string of the molecule is CN=C(NCc1ccc(C)s1)NCC(C)N(C)c1ccccc1.I. The van der Waals surface area contributed by atoms with Gasteiger partial charge in [-0.2, -0.15) is 0 Å². The first kappa shape index (κ1) is 20.8. The Bertz CT molecular complexity index is 627. The number of hydrogen-bond donors (Lipinski definition) is 2. The van der Waals surface area contributed by atoms with E-state index in [2.05, 4.69) is 77.8 Å². The Morgan fingerprint density at radius 3 is 2.46 bits per heavy atom. The summed E-state index contributed by atoms with van der Waals surface area (Å²) in [5, 5.41) is 6.76. The summed E-state index contributed by atoms with van der Waals surface area (Å²) in [6.45, 7) is 5.97.